The highest BCUT2D eigenvalue weighted by molar-refractivity contribution is 5.96. The van der Waals surface area contributed by atoms with Crippen molar-refractivity contribution >= 4 is 11.8 Å². The highest BCUT2D eigenvalue weighted by Crippen LogP contribution is 2.38. The van der Waals surface area contributed by atoms with Crippen LogP contribution >= 0.6 is 0 Å². The zero-order valence-electron chi connectivity index (χ0n) is 20.5. The number of nitrogens with zero attached hydrogens (tertiary/aromatic N) is 1. The van der Waals surface area contributed by atoms with E-state index >= 15 is 0 Å². The van der Waals surface area contributed by atoms with Crippen LogP contribution in [-0.2, 0) is 11.3 Å². The third kappa shape index (κ3) is 6.60. The molecule has 0 aliphatic carbocycles. The molecule has 2 N–H and O–H groups in total. The SMILES string of the molecule is C[C@H]1COc2ccccc2C(=O)NCCCCCC2(CCN(Cc3cccc(F)c3)CC2)C(=O)N1. The molecule has 7 heteroatoms. The summed E-state index contributed by atoms with van der Waals surface area (Å²) in [7, 11) is 0. The van der Waals surface area contributed by atoms with Crippen molar-refractivity contribution in [1.82, 2.24) is 15.5 Å². The van der Waals surface area contributed by atoms with Crippen molar-refractivity contribution in [3.63, 3.8) is 0 Å². The monoisotopic (exact) mass is 481 g/mol. The summed E-state index contributed by atoms with van der Waals surface area (Å²) in [6.07, 6.45) is 5.15. The average molecular weight is 482 g/mol. The Morgan fingerprint density at radius 2 is 1.83 bits per heavy atom. The number of rotatable bonds is 2. The fourth-order valence-corrected chi connectivity index (χ4v) is 5.10. The number of fused-ring (bicyclic) bond motifs is 1. The minimum atomic E-state index is -0.409. The predicted octanol–water partition coefficient (Wildman–Crippen LogP) is 4.30. The van der Waals surface area contributed by atoms with Crippen LogP contribution in [0.25, 0.3) is 0 Å². The smallest absolute Gasteiger partial charge is 0.255 e. The van der Waals surface area contributed by atoms with E-state index < -0.39 is 5.41 Å². The van der Waals surface area contributed by atoms with Gasteiger partial charge in [-0.2, -0.15) is 0 Å². The number of carbonyl (C=O) groups excluding carboxylic acids is 2. The first-order chi connectivity index (χ1) is 16.9. The van der Waals surface area contributed by atoms with E-state index in [1.54, 1.807) is 24.3 Å². The number of halogens is 1. The number of carbonyl (C=O) groups is 2. The Kier molecular flexibility index (Phi) is 8.39. The number of ether oxygens (including phenoxy) is 1. The molecule has 1 atom stereocenters. The maximum atomic E-state index is 13.6. The molecule has 4 rings (SSSR count). The Bertz CT molecular complexity index is 1020. The molecular formula is C28H36FN3O3. The fraction of sp³-hybridized carbons (Fsp3) is 0.500. The van der Waals surface area contributed by atoms with Crippen molar-refractivity contribution in [3.05, 3.63) is 65.5 Å². The van der Waals surface area contributed by atoms with Crippen molar-refractivity contribution < 1.29 is 18.7 Å². The fourth-order valence-electron chi connectivity index (χ4n) is 5.10. The Morgan fingerprint density at radius 3 is 2.63 bits per heavy atom. The molecule has 2 aliphatic heterocycles. The third-order valence-corrected chi connectivity index (χ3v) is 7.21. The minimum Gasteiger partial charge on any atom is -0.491 e. The van der Waals surface area contributed by atoms with Gasteiger partial charge in [-0.1, -0.05) is 37.1 Å². The molecule has 188 valence electrons. The largest absolute Gasteiger partial charge is 0.491 e. The van der Waals surface area contributed by atoms with E-state index in [0.29, 0.717) is 24.4 Å². The standard InChI is InChI=1S/C28H36FN3O3/c1-21-20-35-25-11-4-3-10-24(25)26(33)30-15-6-2-5-12-28(27(34)31-21)13-16-32(17-14-28)19-22-8-7-9-23(29)18-22/h3-4,7-11,18,21H,2,5-6,12-17,19-20H2,1H3,(H,30,33)(H,31,34)/t21-/m0/s1. The normalized spacial score (nSPS) is 22.2. The van der Waals surface area contributed by atoms with Crippen molar-refractivity contribution in [2.75, 3.05) is 26.2 Å². The van der Waals surface area contributed by atoms with Crippen molar-refractivity contribution in [2.45, 2.75) is 58.0 Å². The van der Waals surface area contributed by atoms with Crippen LogP contribution in [0, 0.1) is 11.2 Å². The van der Waals surface area contributed by atoms with Gasteiger partial charge in [0.05, 0.1) is 17.0 Å². The second-order valence-corrected chi connectivity index (χ2v) is 9.93. The molecule has 1 spiro atoms. The van der Waals surface area contributed by atoms with E-state index in [-0.39, 0.29) is 30.3 Å². The van der Waals surface area contributed by atoms with Crippen LogP contribution in [0.1, 0.15) is 61.4 Å². The lowest BCUT2D eigenvalue weighted by atomic mass is 9.73. The zero-order chi connectivity index (χ0) is 24.7. The molecule has 2 amide bonds. The van der Waals surface area contributed by atoms with Crippen LogP contribution in [0.5, 0.6) is 5.75 Å². The van der Waals surface area contributed by atoms with Crippen LogP contribution in [-0.4, -0.2) is 49.0 Å². The Morgan fingerprint density at radius 1 is 1.03 bits per heavy atom. The first-order valence-electron chi connectivity index (χ1n) is 12.7. The molecule has 0 radical (unpaired) electrons. The summed E-state index contributed by atoms with van der Waals surface area (Å²) in [6, 6.07) is 13.8. The molecule has 0 bridgehead atoms. The van der Waals surface area contributed by atoms with Crippen LogP contribution in [0.15, 0.2) is 48.5 Å². The predicted molar refractivity (Wildman–Crippen MR) is 134 cm³/mol. The summed E-state index contributed by atoms with van der Waals surface area (Å²) in [6.45, 7) is 5.13. The van der Waals surface area contributed by atoms with E-state index in [2.05, 4.69) is 15.5 Å². The first kappa shape index (κ1) is 25.2. The Balaban J connectivity index is 1.42. The quantitative estimate of drug-likeness (QED) is 0.671. The first-order valence-corrected chi connectivity index (χ1v) is 12.7. The lowest BCUT2D eigenvalue weighted by Crippen LogP contribution is -2.51. The average Bonchev–Trinajstić information content (AvgIpc) is 2.85. The van der Waals surface area contributed by atoms with Crippen LogP contribution in [0.4, 0.5) is 4.39 Å². The Labute approximate surface area is 207 Å². The minimum absolute atomic E-state index is 0.0939. The number of amides is 2. The van der Waals surface area contributed by atoms with Crippen molar-refractivity contribution in [2.24, 2.45) is 5.41 Å². The molecule has 2 aromatic rings. The molecule has 35 heavy (non-hydrogen) atoms. The molecule has 0 aromatic heterocycles. The van der Waals surface area contributed by atoms with Gasteiger partial charge in [-0.25, -0.2) is 4.39 Å². The van der Waals surface area contributed by atoms with Gasteiger partial charge in [0.1, 0.15) is 18.2 Å². The molecule has 6 nitrogen and oxygen atoms in total. The van der Waals surface area contributed by atoms with E-state index in [0.717, 1.165) is 57.2 Å². The summed E-state index contributed by atoms with van der Waals surface area (Å²) in [5.74, 6) is 0.277. The van der Waals surface area contributed by atoms with E-state index in [1.807, 2.05) is 25.1 Å². The van der Waals surface area contributed by atoms with Crippen molar-refractivity contribution in [3.8, 4) is 5.75 Å². The van der Waals surface area contributed by atoms with Crippen LogP contribution in [0.2, 0.25) is 0 Å². The molecule has 2 heterocycles. The number of para-hydroxylation sites is 1. The number of hydrogen-bond donors (Lipinski definition) is 2. The lowest BCUT2D eigenvalue weighted by Gasteiger charge is -2.41. The molecule has 2 aromatic carbocycles. The molecule has 0 saturated carbocycles. The highest BCUT2D eigenvalue weighted by atomic mass is 19.1. The molecule has 1 saturated heterocycles. The number of nitrogens with one attached hydrogen (secondary N) is 2. The maximum Gasteiger partial charge on any atom is 0.255 e. The third-order valence-electron chi connectivity index (χ3n) is 7.21. The topological polar surface area (TPSA) is 70.7 Å². The summed E-state index contributed by atoms with van der Waals surface area (Å²) < 4.78 is 19.5. The van der Waals surface area contributed by atoms with Gasteiger partial charge in [0.15, 0.2) is 0 Å². The second-order valence-electron chi connectivity index (χ2n) is 9.93. The molecule has 2 aliphatic rings. The van der Waals surface area contributed by atoms with Gasteiger partial charge in [0.2, 0.25) is 5.91 Å². The number of benzene rings is 2. The summed E-state index contributed by atoms with van der Waals surface area (Å²) in [5.41, 5.74) is 1.07. The molecule has 1 fully saturated rings. The molecule has 0 unspecified atom stereocenters. The van der Waals surface area contributed by atoms with Gasteiger partial charge in [-0.3, -0.25) is 14.5 Å². The van der Waals surface area contributed by atoms with Gasteiger partial charge < -0.3 is 15.4 Å². The lowest BCUT2D eigenvalue weighted by molar-refractivity contribution is -0.135. The number of hydrogen-bond acceptors (Lipinski definition) is 4. The highest BCUT2D eigenvalue weighted by Gasteiger charge is 2.41. The van der Waals surface area contributed by atoms with Crippen LogP contribution < -0.4 is 15.4 Å². The van der Waals surface area contributed by atoms with Crippen molar-refractivity contribution in [1.29, 1.82) is 0 Å². The zero-order valence-corrected chi connectivity index (χ0v) is 20.5. The van der Waals surface area contributed by atoms with Gasteiger partial charge in [0.25, 0.3) is 5.91 Å². The summed E-state index contributed by atoms with van der Waals surface area (Å²) >= 11 is 0. The maximum absolute atomic E-state index is 13.6. The van der Waals surface area contributed by atoms with Crippen LogP contribution in [0.3, 0.4) is 0 Å². The number of piperidine rings is 1. The number of likely N-dealkylation sites (tertiary alicyclic amines) is 1. The van der Waals surface area contributed by atoms with E-state index in [1.165, 1.54) is 6.07 Å². The van der Waals surface area contributed by atoms with Gasteiger partial charge in [-0.05, 0) is 75.5 Å². The van der Waals surface area contributed by atoms with Gasteiger partial charge >= 0.3 is 0 Å². The summed E-state index contributed by atoms with van der Waals surface area (Å²) in [4.78, 5) is 28.5. The van der Waals surface area contributed by atoms with E-state index in [9.17, 15) is 14.0 Å². The van der Waals surface area contributed by atoms with Gasteiger partial charge in [0, 0.05) is 13.1 Å². The van der Waals surface area contributed by atoms with Gasteiger partial charge in [-0.15, -0.1) is 0 Å². The Hall–Kier alpha value is -2.93. The summed E-state index contributed by atoms with van der Waals surface area (Å²) in [5, 5.41) is 6.19. The molecular weight excluding hydrogens is 445 g/mol. The van der Waals surface area contributed by atoms with E-state index in [4.69, 9.17) is 4.74 Å². The second kappa shape index (κ2) is 11.7.